The highest BCUT2D eigenvalue weighted by atomic mass is 35.5. The van der Waals surface area contributed by atoms with E-state index in [0.717, 1.165) is 23.5 Å². The Labute approximate surface area is 118 Å². The van der Waals surface area contributed by atoms with Gasteiger partial charge in [0, 0.05) is 43.6 Å². The Kier molecular flexibility index (Phi) is 3.91. The fraction of sp³-hybridized carbons (Fsp3) is 0.692. The number of halogens is 1. The summed E-state index contributed by atoms with van der Waals surface area (Å²) in [5.74, 6) is 0. The minimum atomic E-state index is 0.351. The molecule has 1 aliphatic carbocycles. The molecule has 3 nitrogen and oxygen atoms in total. The van der Waals surface area contributed by atoms with E-state index in [1.54, 1.807) is 11.3 Å². The minimum Gasteiger partial charge on any atom is -0.329 e. The van der Waals surface area contributed by atoms with Crippen LogP contribution in [0.1, 0.15) is 23.8 Å². The summed E-state index contributed by atoms with van der Waals surface area (Å²) in [5.41, 5.74) is 5.96. The van der Waals surface area contributed by atoms with Crippen LogP contribution in [0.5, 0.6) is 0 Å². The molecule has 2 N–H and O–H groups in total. The molecule has 5 heteroatoms. The number of hydrogen-bond acceptors (Lipinski definition) is 4. The second-order valence-electron chi connectivity index (χ2n) is 5.20. The number of rotatable bonds is 4. The molecule has 1 aromatic rings. The van der Waals surface area contributed by atoms with Crippen molar-refractivity contribution in [2.45, 2.75) is 24.9 Å². The van der Waals surface area contributed by atoms with Gasteiger partial charge in [-0.1, -0.05) is 11.6 Å². The van der Waals surface area contributed by atoms with E-state index in [-0.39, 0.29) is 0 Å². The van der Waals surface area contributed by atoms with E-state index in [1.807, 2.05) is 6.07 Å². The van der Waals surface area contributed by atoms with Gasteiger partial charge >= 0.3 is 0 Å². The van der Waals surface area contributed by atoms with Crippen LogP contribution in [0.15, 0.2) is 12.1 Å². The lowest BCUT2D eigenvalue weighted by atomic mass is 10.1. The average Bonchev–Trinajstić information content (AvgIpc) is 3.15. The molecule has 18 heavy (non-hydrogen) atoms. The molecular weight excluding hydrogens is 266 g/mol. The van der Waals surface area contributed by atoms with Gasteiger partial charge < -0.3 is 5.73 Å². The largest absolute Gasteiger partial charge is 0.329 e. The normalized spacial score (nSPS) is 24.3. The molecule has 1 atom stereocenters. The maximum atomic E-state index is 6.02. The molecule has 1 saturated heterocycles. The van der Waals surface area contributed by atoms with Crippen LogP contribution in [-0.4, -0.2) is 48.6 Å². The second kappa shape index (κ2) is 5.47. The highest BCUT2D eigenvalue weighted by molar-refractivity contribution is 7.16. The molecule has 0 bridgehead atoms. The fourth-order valence-electron chi connectivity index (χ4n) is 2.81. The van der Waals surface area contributed by atoms with Gasteiger partial charge in [0.25, 0.3) is 0 Å². The van der Waals surface area contributed by atoms with Gasteiger partial charge in [-0.3, -0.25) is 9.80 Å². The van der Waals surface area contributed by atoms with Crippen molar-refractivity contribution in [1.82, 2.24) is 9.80 Å². The molecule has 100 valence electrons. The molecule has 2 aliphatic rings. The van der Waals surface area contributed by atoms with E-state index in [1.165, 1.54) is 30.8 Å². The fourth-order valence-corrected chi connectivity index (χ4v) is 4.02. The van der Waals surface area contributed by atoms with Crippen molar-refractivity contribution in [1.29, 1.82) is 0 Å². The van der Waals surface area contributed by atoms with Gasteiger partial charge in [0.15, 0.2) is 0 Å². The van der Waals surface area contributed by atoms with Crippen LogP contribution >= 0.6 is 22.9 Å². The average molecular weight is 286 g/mol. The summed E-state index contributed by atoms with van der Waals surface area (Å²) in [6, 6.07) is 5.34. The van der Waals surface area contributed by atoms with Gasteiger partial charge in [0.05, 0.1) is 10.4 Å². The van der Waals surface area contributed by atoms with Crippen molar-refractivity contribution in [2.75, 3.05) is 32.7 Å². The SMILES string of the molecule is NCC(c1ccc(Cl)s1)N1CCN(C2CC2)CC1. The first-order valence-corrected chi connectivity index (χ1v) is 7.91. The monoisotopic (exact) mass is 285 g/mol. The minimum absolute atomic E-state index is 0.351. The molecular formula is C13H20ClN3S. The number of nitrogens with two attached hydrogens (primary N) is 1. The van der Waals surface area contributed by atoms with Gasteiger partial charge in [-0.2, -0.15) is 0 Å². The molecule has 2 heterocycles. The molecule has 0 spiro atoms. The van der Waals surface area contributed by atoms with Gasteiger partial charge in [0.1, 0.15) is 0 Å². The van der Waals surface area contributed by atoms with Crippen LogP contribution in [0.2, 0.25) is 4.34 Å². The maximum Gasteiger partial charge on any atom is 0.0931 e. The molecule has 1 aromatic heterocycles. The zero-order valence-corrected chi connectivity index (χ0v) is 12.1. The molecule has 0 aromatic carbocycles. The highest BCUT2D eigenvalue weighted by Crippen LogP contribution is 2.32. The summed E-state index contributed by atoms with van der Waals surface area (Å²) in [4.78, 5) is 6.45. The summed E-state index contributed by atoms with van der Waals surface area (Å²) in [6.07, 6.45) is 2.81. The first-order valence-electron chi connectivity index (χ1n) is 6.71. The number of nitrogens with zero attached hydrogens (tertiary/aromatic N) is 2. The lowest BCUT2D eigenvalue weighted by Gasteiger charge is -2.38. The molecule has 2 fully saturated rings. The Morgan fingerprint density at radius 2 is 2.00 bits per heavy atom. The summed E-state index contributed by atoms with van der Waals surface area (Å²) in [5, 5.41) is 0. The van der Waals surface area contributed by atoms with Crippen LogP contribution < -0.4 is 5.73 Å². The smallest absolute Gasteiger partial charge is 0.0931 e. The summed E-state index contributed by atoms with van der Waals surface area (Å²) in [7, 11) is 0. The molecule has 0 amide bonds. The van der Waals surface area contributed by atoms with Crippen molar-refractivity contribution < 1.29 is 0 Å². The Balaban J connectivity index is 1.62. The number of thiophene rings is 1. The molecule has 1 aliphatic heterocycles. The van der Waals surface area contributed by atoms with E-state index in [9.17, 15) is 0 Å². The first-order chi connectivity index (χ1) is 8.78. The van der Waals surface area contributed by atoms with Crippen LogP contribution in [0.3, 0.4) is 0 Å². The van der Waals surface area contributed by atoms with Crippen molar-refractivity contribution in [3.63, 3.8) is 0 Å². The third kappa shape index (κ3) is 2.73. The summed E-state index contributed by atoms with van der Waals surface area (Å²) in [6.45, 7) is 5.34. The summed E-state index contributed by atoms with van der Waals surface area (Å²) >= 11 is 7.69. The lowest BCUT2D eigenvalue weighted by Crippen LogP contribution is -2.49. The van der Waals surface area contributed by atoms with Crippen molar-refractivity contribution in [2.24, 2.45) is 5.73 Å². The molecule has 0 radical (unpaired) electrons. The molecule has 3 rings (SSSR count). The first kappa shape index (κ1) is 12.9. The second-order valence-corrected chi connectivity index (χ2v) is 6.94. The zero-order valence-electron chi connectivity index (χ0n) is 10.5. The van der Waals surface area contributed by atoms with Crippen LogP contribution in [-0.2, 0) is 0 Å². The topological polar surface area (TPSA) is 32.5 Å². The third-order valence-corrected chi connectivity index (χ3v) is 5.33. The van der Waals surface area contributed by atoms with E-state index in [4.69, 9.17) is 17.3 Å². The maximum absolute atomic E-state index is 6.02. The number of piperazine rings is 1. The zero-order chi connectivity index (χ0) is 12.5. The lowest BCUT2D eigenvalue weighted by molar-refractivity contribution is 0.0950. The Morgan fingerprint density at radius 1 is 1.28 bits per heavy atom. The molecule has 1 unspecified atom stereocenters. The van der Waals surface area contributed by atoms with E-state index >= 15 is 0 Å². The van der Waals surface area contributed by atoms with E-state index in [2.05, 4.69) is 15.9 Å². The van der Waals surface area contributed by atoms with Crippen LogP contribution in [0, 0.1) is 0 Å². The van der Waals surface area contributed by atoms with Crippen molar-refractivity contribution in [3.8, 4) is 0 Å². The Morgan fingerprint density at radius 3 is 2.50 bits per heavy atom. The van der Waals surface area contributed by atoms with Gasteiger partial charge in [-0.25, -0.2) is 0 Å². The van der Waals surface area contributed by atoms with E-state index < -0.39 is 0 Å². The standard InChI is InChI=1S/C13H20ClN3S/c14-13-4-3-12(18-13)11(9-15)17-7-5-16(6-8-17)10-1-2-10/h3-4,10-11H,1-2,5-9,15H2. The highest BCUT2D eigenvalue weighted by Gasteiger charge is 2.33. The van der Waals surface area contributed by atoms with Crippen LogP contribution in [0.4, 0.5) is 0 Å². The van der Waals surface area contributed by atoms with Gasteiger partial charge in [-0.15, -0.1) is 11.3 Å². The quantitative estimate of drug-likeness (QED) is 0.920. The third-order valence-electron chi connectivity index (χ3n) is 4.00. The predicted octanol–water partition coefficient (Wildman–Crippen LogP) is 2.18. The Bertz CT molecular complexity index is 397. The predicted molar refractivity (Wildman–Crippen MR) is 77.3 cm³/mol. The van der Waals surface area contributed by atoms with Crippen molar-refractivity contribution in [3.05, 3.63) is 21.3 Å². The van der Waals surface area contributed by atoms with Crippen molar-refractivity contribution >= 4 is 22.9 Å². The van der Waals surface area contributed by atoms with Gasteiger partial charge in [0.2, 0.25) is 0 Å². The van der Waals surface area contributed by atoms with E-state index in [0.29, 0.717) is 12.6 Å². The number of hydrogen-bond donors (Lipinski definition) is 1. The summed E-state index contributed by atoms with van der Waals surface area (Å²) < 4.78 is 0.861. The van der Waals surface area contributed by atoms with Crippen LogP contribution in [0.25, 0.3) is 0 Å². The Hall–Kier alpha value is -0.130. The molecule has 1 saturated carbocycles. The van der Waals surface area contributed by atoms with Gasteiger partial charge in [-0.05, 0) is 25.0 Å².